The number of ether oxygens (including phenoxy) is 1. The molecule has 1 saturated heterocycles. The largest absolute Gasteiger partial charge is 0.465 e. The molecule has 1 aromatic carbocycles. The zero-order valence-electron chi connectivity index (χ0n) is 13.1. The van der Waals surface area contributed by atoms with Crippen molar-refractivity contribution >= 4 is 17.3 Å². The van der Waals surface area contributed by atoms with Crippen LogP contribution in [0, 0.1) is 6.92 Å². The number of anilines is 2. The minimum absolute atomic E-state index is 0.396. The Balaban J connectivity index is 2.06. The van der Waals surface area contributed by atoms with Gasteiger partial charge in [0.1, 0.15) is 0 Å². The number of carbonyl (C=O) groups is 1. The molecule has 0 bridgehead atoms. The van der Waals surface area contributed by atoms with Gasteiger partial charge in [-0.05, 0) is 57.5 Å². The number of carbonyl (C=O) groups excluding carboxylic acids is 1. The molecule has 3 N–H and O–H groups in total. The standard InChI is InChI=1S/C16H25N3O2/c1-11-8-13(9-14(15(11)17)16(20)21-3)18-10-12(2)19-6-4-5-7-19/h8-9,12,18H,4-7,10,17H2,1-3H3. The number of nitrogen functional groups attached to an aromatic ring is 1. The molecule has 1 aromatic rings. The number of nitrogens with one attached hydrogen (secondary N) is 1. The molecule has 1 fully saturated rings. The molecule has 2 rings (SSSR count). The molecular weight excluding hydrogens is 266 g/mol. The molecule has 1 aliphatic heterocycles. The predicted molar refractivity (Wildman–Crippen MR) is 85.7 cm³/mol. The lowest BCUT2D eigenvalue weighted by molar-refractivity contribution is 0.0602. The van der Waals surface area contributed by atoms with Gasteiger partial charge in [-0.25, -0.2) is 4.79 Å². The Morgan fingerprint density at radius 2 is 2.10 bits per heavy atom. The SMILES string of the molecule is COC(=O)c1cc(NCC(C)N2CCCC2)cc(C)c1N. The third-order valence-corrected chi connectivity index (χ3v) is 4.16. The maximum Gasteiger partial charge on any atom is 0.340 e. The minimum atomic E-state index is -0.396. The summed E-state index contributed by atoms with van der Waals surface area (Å²) < 4.78 is 4.78. The maximum atomic E-state index is 11.7. The van der Waals surface area contributed by atoms with Gasteiger partial charge >= 0.3 is 5.97 Å². The van der Waals surface area contributed by atoms with Gasteiger partial charge in [-0.15, -0.1) is 0 Å². The molecule has 0 aliphatic carbocycles. The van der Waals surface area contributed by atoms with Crippen LogP contribution in [0.2, 0.25) is 0 Å². The number of hydrogen-bond acceptors (Lipinski definition) is 5. The van der Waals surface area contributed by atoms with Crippen molar-refractivity contribution < 1.29 is 9.53 Å². The first-order valence-electron chi connectivity index (χ1n) is 7.49. The van der Waals surface area contributed by atoms with Gasteiger partial charge < -0.3 is 15.8 Å². The number of rotatable bonds is 5. The number of esters is 1. The van der Waals surface area contributed by atoms with E-state index in [4.69, 9.17) is 10.5 Å². The van der Waals surface area contributed by atoms with Crippen molar-refractivity contribution in [2.45, 2.75) is 32.7 Å². The summed E-state index contributed by atoms with van der Waals surface area (Å²) in [6.07, 6.45) is 2.58. The molecule has 0 aromatic heterocycles. The predicted octanol–water partition coefficient (Wildman–Crippen LogP) is 2.26. The van der Waals surface area contributed by atoms with Crippen LogP contribution in [0.3, 0.4) is 0 Å². The number of likely N-dealkylation sites (tertiary alicyclic amines) is 1. The molecule has 5 heteroatoms. The maximum absolute atomic E-state index is 11.7. The number of methoxy groups -OCH3 is 1. The summed E-state index contributed by atoms with van der Waals surface area (Å²) in [4.78, 5) is 14.2. The third-order valence-electron chi connectivity index (χ3n) is 4.16. The third kappa shape index (κ3) is 3.67. The fraction of sp³-hybridized carbons (Fsp3) is 0.562. The van der Waals surface area contributed by atoms with Crippen LogP contribution in [0.1, 0.15) is 35.7 Å². The first-order valence-corrected chi connectivity index (χ1v) is 7.49. The van der Waals surface area contributed by atoms with Crippen molar-refractivity contribution in [1.29, 1.82) is 0 Å². The fourth-order valence-corrected chi connectivity index (χ4v) is 2.76. The Labute approximate surface area is 126 Å². The van der Waals surface area contributed by atoms with E-state index in [0.29, 0.717) is 17.3 Å². The molecule has 1 aliphatic rings. The molecule has 21 heavy (non-hydrogen) atoms. The van der Waals surface area contributed by atoms with Crippen molar-refractivity contribution in [2.24, 2.45) is 0 Å². The Hall–Kier alpha value is -1.75. The number of aryl methyl sites for hydroxylation is 1. The van der Waals surface area contributed by atoms with Crippen LogP contribution < -0.4 is 11.1 Å². The average molecular weight is 291 g/mol. The Morgan fingerprint density at radius 3 is 2.71 bits per heavy atom. The van der Waals surface area contributed by atoms with Crippen molar-refractivity contribution in [1.82, 2.24) is 4.90 Å². The number of nitrogens with two attached hydrogens (primary N) is 1. The van der Waals surface area contributed by atoms with Crippen LogP contribution in [-0.4, -0.2) is 43.7 Å². The van der Waals surface area contributed by atoms with E-state index < -0.39 is 5.97 Å². The molecule has 1 atom stereocenters. The molecule has 0 spiro atoms. The quantitative estimate of drug-likeness (QED) is 0.643. The van der Waals surface area contributed by atoms with Gasteiger partial charge in [0.2, 0.25) is 0 Å². The topological polar surface area (TPSA) is 67.6 Å². The van der Waals surface area contributed by atoms with Gasteiger partial charge in [-0.3, -0.25) is 4.90 Å². The Morgan fingerprint density at radius 1 is 1.43 bits per heavy atom. The molecule has 1 unspecified atom stereocenters. The first-order chi connectivity index (χ1) is 10.0. The second-order valence-corrected chi connectivity index (χ2v) is 5.72. The summed E-state index contributed by atoms with van der Waals surface area (Å²) in [5.74, 6) is -0.396. The fourth-order valence-electron chi connectivity index (χ4n) is 2.76. The highest BCUT2D eigenvalue weighted by molar-refractivity contribution is 5.97. The van der Waals surface area contributed by atoms with Crippen LogP contribution in [0.5, 0.6) is 0 Å². The summed E-state index contributed by atoms with van der Waals surface area (Å²) in [5, 5.41) is 3.40. The van der Waals surface area contributed by atoms with Crippen LogP contribution in [0.25, 0.3) is 0 Å². The van der Waals surface area contributed by atoms with Crippen LogP contribution in [-0.2, 0) is 4.74 Å². The number of nitrogens with zero attached hydrogens (tertiary/aromatic N) is 1. The van der Waals surface area contributed by atoms with Crippen LogP contribution in [0.4, 0.5) is 11.4 Å². The number of benzene rings is 1. The Kier molecular flexibility index (Phi) is 5.07. The van der Waals surface area contributed by atoms with E-state index in [2.05, 4.69) is 17.1 Å². The molecular formula is C16H25N3O2. The molecule has 1 heterocycles. The normalized spacial score (nSPS) is 16.7. The van der Waals surface area contributed by atoms with Crippen LogP contribution in [0.15, 0.2) is 12.1 Å². The summed E-state index contributed by atoms with van der Waals surface area (Å²) in [7, 11) is 1.37. The Bertz CT molecular complexity index is 510. The molecule has 5 nitrogen and oxygen atoms in total. The zero-order chi connectivity index (χ0) is 15.4. The molecule has 0 saturated carbocycles. The van der Waals surface area contributed by atoms with Gasteiger partial charge in [-0.1, -0.05) is 0 Å². The van der Waals surface area contributed by atoms with E-state index in [0.717, 1.165) is 17.8 Å². The summed E-state index contributed by atoms with van der Waals surface area (Å²) >= 11 is 0. The van der Waals surface area contributed by atoms with Crippen molar-refractivity contribution in [2.75, 3.05) is 37.8 Å². The molecule has 0 radical (unpaired) electrons. The summed E-state index contributed by atoms with van der Waals surface area (Å²) in [6.45, 7) is 7.33. The summed E-state index contributed by atoms with van der Waals surface area (Å²) in [6, 6.07) is 4.22. The van der Waals surface area contributed by atoms with Gasteiger partial charge in [-0.2, -0.15) is 0 Å². The van der Waals surface area contributed by atoms with Gasteiger partial charge in [0.05, 0.1) is 12.7 Å². The molecule has 0 amide bonds. The highest BCUT2D eigenvalue weighted by Crippen LogP contribution is 2.24. The minimum Gasteiger partial charge on any atom is -0.465 e. The van der Waals surface area contributed by atoms with E-state index in [1.807, 2.05) is 13.0 Å². The lowest BCUT2D eigenvalue weighted by atomic mass is 10.1. The smallest absolute Gasteiger partial charge is 0.340 e. The second-order valence-electron chi connectivity index (χ2n) is 5.72. The lowest BCUT2D eigenvalue weighted by Crippen LogP contribution is -2.35. The average Bonchev–Trinajstić information content (AvgIpc) is 3.01. The van der Waals surface area contributed by atoms with E-state index in [9.17, 15) is 4.79 Å². The number of hydrogen-bond donors (Lipinski definition) is 2. The zero-order valence-corrected chi connectivity index (χ0v) is 13.1. The van der Waals surface area contributed by atoms with Crippen molar-refractivity contribution in [3.8, 4) is 0 Å². The first kappa shape index (κ1) is 15.6. The van der Waals surface area contributed by atoms with E-state index in [1.54, 1.807) is 6.07 Å². The van der Waals surface area contributed by atoms with Crippen LogP contribution >= 0.6 is 0 Å². The van der Waals surface area contributed by atoms with Crippen molar-refractivity contribution in [3.05, 3.63) is 23.3 Å². The highest BCUT2D eigenvalue weighted by atomic mass is 16.5. The van der Waals surface area contributed by atoms with Gasteiger partial charge in [0, 0.05) is 24.0 Å². The monoisotopic (exact) mass is 291 g/mol. The van der Waals surface area contributed by atoms with Gasteiger partial charge in [0.15, 0.2) is 0 Å². The molecule has 116 valence electrons. The lowest BCUT2D eigenvalue weighted by Gasteiger charge is -2.24. The van der Waals surface area contributed by atoms with E-state index in [-0.39, 0.29) is 0 Å². The highest BCUT2D eigenvalue weighted by Gasteiger charge is 2.18. The van der Waals surface area contributed by atoms with E-state index in [1.165, 1.54) is 33.0 Å². The second kappa shape index (κ2) is 6.80. The van der Waals surface area contributed by atoms with Gasteiger partial charge in [0.25, 0.3) is 0 Å². The van der Waals surface area contributed by atoms with E-state index >= 15 is 0 Å². The summed E-state index contributed by atoms with van der Waals surface area (Å²) in [5.41, 5.74) is 8.65. The van der Waals surface area contributed by atoms with Crippen molar-refractivity contribution in [3.63, 3.8) is 0 Å².